The van der Waals surface area contributed by atoms with Gasteiger partial charge in [0.15, 0.2) is 0 Å². The van der Waals surface area contributed by atoms with Gasteiger partial charge in [0, 0.05) is 18.5 Å². The fourth-order valence-electron chi connectivity index (χ4n) is 0.920. The molecule has 0 radical (unpaired) electrons. The highest BCUT2D eigenvalue weighted by Gasteiger charge is 2.02. The second-order valence-electron chi connectivity index (χ2n) is 2.90. The molecule has 0 saturated carbocycles. The van der Waals surface area contributed by atoms with E-state index >= 15 is 0 Å². The van der Waals surface area contributed by atoms with Crippen LogP contribution in [-0.2, 0) is 16.6 Å². The van der Waals surface area contributed by atoms with Gasteiger partial charge in [0.25, 0.3) is 0 Å². The van der Waals surface area contributed by atoms with E-state index in [9.17, 15) is 8.42 Å². The molecule has 7 heteroatoms. The van der Waals surface area contributed by atoms with Gasteiger partial charge < -0.3 is 5.32 Å². The minimum Gasteiger partial charge on any atom is -0.310 e. The number of hydrogen-bond acceptors (Lipinski definition) is 5. The summed E-state index contributed by atoms with van der Waals surface area (Å²) in [6.07, 6.45) is 0. The van der Waals surface area contributed by atoms with Crippen LogP contribution in [0.4, 0.5) is 0 Å². The minimum atomic E-state index is -3.35. The number of sulfonamides is 1. The average Bonchev–Trinajstić information content (AvgIpc) is 2.44. The highest BCUT2D eigenvalue weighted by Crippen LogP contribution is 2.06. The molecule has 3 N–H and O–H groups in total. The number of nitrogens with zero attached hydrogens (tertiary/aromatic N) is 1. The van der Waals surface area contributed by atoms with Crippen molar-refractivity contribution in [2.75, 3.05) is 12.3 Å². The van der Waals surface area contributed by atoms with Crippen LogP contribution >= 0.6 is 11.3 Å². The van der Waals surface area contributed by atoms with Gasteiger partial charge in [-0.25, -0.2) is 18.5 Å². The third-order valence-electron chi connectivity index (χ3n) is 1.54. The third-order valence-corrected chi connectivity index (χ3v) is 3.13. The van der Waals surface area contributed by atoms with Crippen LogP contribution in [0.15, 0.2) is 5.38 Å². The normalized spacial score (nSPS) is 11.9. The van der Waals surface area contributed by atoms with Crippen molar-refractivity contribution in [3.63, 3.8) is 0 Å². The Labute approximate surface area is 87.4 Å². The molecule has 80 valence electrons. The predicted octanol–water partition coefficient (Wildman–Crippen LogP) is -0.170. The van der Waals surface area contributed by atoms with Crippen molar-refractivity contribution < 1.29 is 8.42 Å². The van der Waals surface area contributed by atoms with Crippen LogP contribution in [0.1, 0.15) is 10.7 Å². The summed E-state index contributed by atoms with van der Waals surface area (Å²) in [7, 11) is -3.35. The summed E-state index contributed by atoms with van der Waals surface area (Å²) in [5.41, 5.74) is 0.932. The van der Waals surface area contributed by atoms with E-state index in [2.05, 4.69) is 10.3 Å². The first-order valence-corrected chi connectivity index (χ1v) is 6.69. The molecule has 0 spiro atoms. The summed E-state index contributed by atoms with van der Waals surface area (Å²) < 4.78 is 21.1. The zero-order valence-corrected chi connectivity index (χ0v) is 9.49. The van der Waals surface area contributed by atoms with Crippen LogP contribution in [0.25, 0.3) is 0 Å². The van der Waals surface area contributed by atoms with Crippen molar-refractivity contribution in [2.24, 2.45) is 5.14 Å². The van der Waals surface area contributed by atoms with Gasteiger partial charge in [-0.15, -0.1) is 11.3 Å². The van der Waals surface area contributed by atoms with Crippen molar-refractivity contribution >= 4 is 21.4 Å². The van der Waals surface area contributed by atoms with E-state index in [4.69, 9.17) is 5.14 Å². The number of hydrogen-bond donors (Lipinski definition) is 2. The first-order valence-electron chi connectivity index (χ1n) is 4.09. The molecule has 0 aliphatic carbocycles. The molecule has 0 fully saturated rings. The van der Waals surface area contributed by atoms with E-state index < -0.39 is 10.0 Å². The average molecular weight is 235 g/mol. The molecule has 5 nitrogen and oxygen atoms in total. The molecule has 1 aromatic rings. The lowest BCUT2D eigenvalue weighted by Gasteiger charge is -2.00. The monoisotopic (exact) mass is 235 g/mol. The Morgan fingerprint density at radius 1 is 1.64 bits per heavy atom. The van der Waals surface area contributed by atoms with Gasteiger partial charge in [0.2, 0.25) is 10.0 Å². The van der Waals surface area contributed by atoms with E-state index in [1.807, 2.05) is 12.3 Å². The molecule has 1 aromatic heterocycles. The fraction of sp³-hybridized carbons (Fsp3) is 0.571. The van der Waals surface area contributed by atoms with E-state index in [1.165, 1.54) is 0 Å². The Bertz CT molecular complexity index is 385. The second kappa shape index (κ2) is 4.83. The Kier molecular flexibility index (Phi) is 3.99. The van der Waals surface area contributed by atoms with Crippen molar-refractivity contribution in [2.45, 2.75) is 13.5 Å². The molecule has 0 aliphatic heterocycles. The molecular formula is C7H13N3O2S2. The van der Waals surface area contributed by atoms with E-state index in [-0.39, 0.29) is 5.75 Å². The molecule has 0 bridgehead atoms. The molecule has 0 unspecified atom stereocenters. The van der Waals surface area contributed by atoms with E-state index in [1.54, 1.807) is 11.3 Å². The van der Waals surface area contributed by atoms with Gasteiger partial charge in [-0.05, 0) is 6.92 Å². The number of nitrogens with two attached hydrogens (primary N) is 1. The minimum absolute atomic E-state index is 0.0455. The van der Waals surface area contributed by atoms with Gasteiger partial charge in [0.1, 0.15) is 0 Å². The van der Waals surface area contributed by atoms with Gasteiger partial charge in [-0.2, -0.15) is 0 Å². The summed E-state index contributed by atoms with van der Waals surface area (Å²) in [4.78, 5) is 4.22. The topological polar surface area (TPSA) is 85.1 Å². The number of aryl methyl sites for hydroxylation is 1. The first kappa shape index (κ1) is 11.6. The molecule has 14 heavy (non-hydrogen) atoms. The number of primary sulfonamides is 1. The maximum Gasteiger partial charge on any atom is 0.210 e. The van der Waals surface area contributed by atoms with Crippen LogP contribution in [0, 0.1) is 6.92 Å². The number of thiazole rings is 1. The third kappa shape index (κ3) is 4.66. The molecule has 1 rings (SSSR count). The van der Waals surface area contributed by atoms with Crippen molar-refractivity contribution in [1.29, 1.82) is 0 Å². The predicted molar refractivity (Wildman–Crippen MR) is 56.5 cm³/mol. The van der Waals surface area contributed by atoms with Gasteiger partial charge in [0.05, 0.1) is 16.5 Å². The van der Waals surface area contributed by atoms with Gasteiger partial charge in [-0.1, -0.05) is 0 Å². The van der Waals surface area contributed by atoms with Crippen molar-refractivity contribution in [3.8, 4) is 0 Å². The van der Waals surface area contributed by atoms with Crippen LogP contribution < -0.4 is 10.5 Å². The number of nitrogens with one attached hydrogen (secondary N) is 1. The summed E-state index contributed by atoms with van der Waals surface area (Å²) in [6.45, 7) is 2.87. The maximum absolute atomic E-state index is 10.6. The molecule has 0 aliphatic rings. The molecule has 0 amide bonds. The van der Waals surface area contributed by atoms with Crippen LogP contribution in [0.5, 0.6) is 0 Å². The molecular weight excluding hydrogens is 222 g/mol. The van der Waals surface area contributed by atoms with Crippen LogP contribution in [0.3, 0.4) is 0 Å². The fourth-order valence-corrected chi connectivity index (χ4v) is 1.96. The molecule has 0 atom stereocenters. The SMILES string of the molecule is Cc1nc(CNCCS(N)(=O)=O)cs1. The lowest BCUT2D eigenvalue weighted by atomic mass is 10.5. The standard InChI is InChI=1S/C7H13N3O2S2/c1-6-10-7(5-13-6)4-9-2-3-14(8,11)12/h5,9H,2-4H2,1H3,(H2,8,11,12). The summed E-state index contributed by atoms with van der Waals surface area (Å²) in [5.74, 6) is -0.0455. The number of rotatable bonds is 5. The Hall–Kier alpha value is -0.500. The largest absolute Gasteiger partial charge is 0.310 e. The zero-order valence-electron chi connectivity index (χ0n) is 7.86. The zero-order chi connectivity index (χ0) is 10.6. The summed E-state index contributed by atoms with van der Waals surface area (Å²) in [5, 5.41) is 10.7. The Morgan fingerprint density at radius 2 is 2.36 bits per heavy atom. The lowest BCUT2D eigenvalue weighted by Crippen LogP contribution is -2.26. The second-order valence-corrected chi connectivity index (χ2v) is 5.70. The molecule has 0 aromatic carbocycles. The van der Waals surface area contributed by atoms with Crippen molar-refractivity contribution in [1.82, 2.24) is 10.3 Å². The smallest absolute Gasteiger partial charge is 0.210 e. The van der Waals surface area contributed by atoms with Crippen molar-refractivity contribution in [3.05, 3.63) is 16.1 Å². The van der Waals surface area contributed by atoms with Gasteiger partial charge in [-0.3, -0.25) is 0 Å². The highest BCUT2D eigenvalue weighted by atomic mass is 32.2. The van der Waals surface area contributed by atoms with Crippen LogP contribution in [-0.4, -0.2) is 25.7 Å². The van der Waals surface area contributed by atoms with Gasteiger partial charge >= 0.3 is 0 Å². The maximum atomic E-state index is 10.6. The molecule has 0 saturated heterocycles. The summed E-state index contributed by atoms with van der Waals surface area (Å²) in [6, 6.07) is 0. The van der Waals surface area contributed by atoms with E-state index in [0.29, 0.717) is 13.1 Å². The lowest BCUT2D eigenvalue weighted by molar-refractivity contribution is 0.592. The Balaban J connectivity index is 2.23. The number of aromatic nitrogens is 1. The van der Waals surface area contributed by atoms with E-state index in [0.717, 1.165) is 10.7 Å². The summed E-state index contributed by atoms with van der Waals surface area (Å²) >= 11 is 1.57. The Morgan fingerprint density at radius 3 is 2.86 bits per heavy atom. The first-order chi connectivity index (χ1) is 6.47. The van der Waals surface area contributed by atoms with Crippen LogP contribution in [0.2, 0.25) is 0 Å². The molecule has 1 heterocycles. The quantitative estimate of drug-likeness (QED) is 0.694. The highest BCUT2D eigenvalue weighted by molar-refractivity contribution is 7.89.